The van der Waals surface area contributed by atoms with Gasteiger partial charge in [0.1, 0.15) is 5.54 Å². The molecule has 3 N–H and O–H groups in total. The van der Waals surface area contributed by atoms with Gasteiger partial charge in [-0.3, -0.25) is 4.79 Å². The topological polar surface area (TPSA) is 78.4 Å². The molecule has 0 aromatic carbocycles. The van der Waals surface area contributed by atoms with Crippen molar-refractivity contribution in [1.82, 2.24) is 10.6 Å². The van der Waals surface area contributed by atoms with Crippen LogP contribution in [0.25, 0.3) is 0 Å². The molecule has 1 saturated carbocycles. The molecule has 18 heavy (non-hydrogen) atoms. The number of carboxylic acid groups (broad SMARTS) is 1. The fourth-order valence-electron chi connectivity index (χ4n) is 3.44. The van der Waals surface area contributed by atoms with Gasteiger partial charge in [0.05, 0.1) is 0 Å². The lowest BCUT2D eigenvalue weighted by molar-refractivity contribution is -0.143. The van der Waals surface area contributed by atoms with Gasteiger partial charge >= 0.3 is 5.97 Å². The van der Waals surface area contributed by atoms with Crippen molar-refractivity contribution in [3.05, 3.63) is 0 Å². The highest BCUT2D eigenvalue weighted by molar-refractivity contribution is 5.89. The predicted octanol–water partition coefficient (Wildman–Crippen LogP) is 0.640. The van der Waals surface area contributed by atoms with Crippen LogP contribution in [-0.2, 0) is 9.59 Å². The maximum absolute atomic E-state index is 11.9. The maximum atomic E-state index is 11.9. The third-order valence-electron chi connectivity index (χ3n) is 4.58. The lowest BCUT2D eigenvalue weighted by Crippen LogP contribution is -2.45. The molecule has 2 heterocycles. The van der Waals surface area contributed by atoms with Gasteiger partial charge in [-0.15, -0.1) is 0 Å². The van der Waals surface area contributed by atoms with E-state index in [2.05, 4.69) is 10.6 Å². The van der Waals surface area contributed by atoms with Crippen LogP contribution >= 0.6 is 0 Å². The first-order valence-corrected chi connectivity index (χ1v) is 6.88. The fourth-order valence-corrected chi connectivity index (χ4v) is 3.44. The Balaban J connectivity index is 1.51. The second kappa shape index (κ2) is 4.23. The number of hydrogen-bond acceptors (Lipinski definition) is 3. The molecule has 5 nitrogen and oxygen atoms in total. The van der Waals surface area contributed by atoms with Crippen LogP contribution in [0.4, 0.5) is 0 Å². The number of carbonyl (C=O) groups is 2. The maximum Gasteiger partial charge on any atom is 0.329 e. The highest BCUT2D eigenvalue weighted by Crippen LogP contribution is 2.37. The Labute approximate surface area is 106 Å². The van der Waals surface area contributed by atoms with Gasteiger partial charge in [-0.25, -0.2) is 4.79 Å². The molecule has 2 saturated heterocycles. The third-order valence-corrected chi connectivity index (χ3v) is 4.58. The molecule has 3 aliphatic rings. The summed E-state index contributed by atoms with van der Waals surface area (Å²) in [5, 5.41) is 15.3. The molecule has 0 aromatic rings. The van der Waals surface area contributed by atoms with Crippen molar-refractivity contribution in [3.63, 3.8) is 0 Å². The Kier molecular flexibility index (Phi) is 2.81. The summed E-state index contributed by atoms with van der Waals surface area (Å²) in [6.07, 6.45) is 6.21. The van der Waals surface area contributed by atoms with Crippen molar-refractivity contribution in [3.8, 4) is 0 Å². The zero-order chi connectivity index (χ0) is 12.8. The van der Waals surface area contributed by atoms with E-state index in [-0.39, 0.29) is 5.91 Å². The summed E-state index contributed by atoms with van der Waals surface area (Å²) in [4.78, 5) is 22.9. The lowest BCUT2D eigenvalue weighted by atomic mass is 9.89. The highest BCUT2D eigenvalue weighted by Gasteiger charge is 2.51. The highest BCUT2D eigenvalue weighted by atomic mass is 16.4. The summed E-state index contributed by atoms with van der Waals surface area (Å²) in [6, 6.07) is 1.16. The normalized spacial score (nSPS) is 36.1. The second-order valence-corrected chi connectivity index (χ2v) is 6.11. The quantitative estimate of drug-likeness (QED) is 0.686. The molecule has 3 fully saturated rings. The lowest BCUT2D eigenvalue weighted by Gasteiger charge is -2.29. The van der Waals surface area contributed by atoms with Crippen LogP contribution in [0.5, 0.6) is 0 Å². The smallest absolute Gasteiger partial charge is 0.329 e. The van der Waals surface area contributed by atoms with Crippen LogP contribution in [0.1, 0.15) is 44.9 Å². The number of piperidine rings is 1. The molecule has 0 radical (unpaired) electrons. The average Bonchev–Trinajstić information content (AvgIpc) is 2.99. The monoisotopic (exact) mass is 252 g/mol. The van der Waals surface area contributed by atoms with Crippen LogP contribution in [-0.4, -0.2) is 34.6 Å². The summed E-state index contributed by atoms with van der Waals surface area (Å²) in [6.45, 7) is 0. The molecule has 1 amide bonds. The Bertz CT molecular complexity index is 366. The minimum atomic E-state index is -0.928. The van der Waals surface area contributed by atoms with Crippen molar-refractivity contribution in [2.75, 3.05) is 0 Å². The van der Waals surface area contributed by atoms with Crippen LogP contribution in [0.3, 0.4) is 0 Å². The van der Waals surface area contributed by atoms with Gasteiger partial charge in [0.25, 0.3) is 0 Å². The molecular weight excluding hydrogens is 232 g/mol. The van der Waals surface area contributed by atoms with E-state index in [1.54, 1.807) is 0 Å². The van der Waals surface area contributed by atoms with Crippen molar-refractivity contribution in [2.24, 2.45) is 5.92 Å². The standard InChI is InChI=1S/C13H20N2O3/c16-11(15-13(3-4-13)12(17)18)7-8-5-9-1-2-10(6-8)14-9/h8-10,14H,1-7H2,(H,15,16)(H,17,18). The first-order chi connectivity index (χ1) is 8.57. The van der Waals surface area contributed by atoms with Crippen LogP contribution in [0.2, 0.25) is 0 Å². The fraction of sp³-hybridized carbons (Fsp3) is 0.846. The molecule has 5 heteroatoms. The number of aliphatic carboxylic acids is 1. The van der Waals surface area contributed by atoms with Crippen molar-refractivity contribution >= 4 is 11.9 Å². The van der Waals surface area contributed by atoms with Gasteiger partial charge in [0.2, 0.25) is 5.91 Å². The van der Waals surface area contributed by atoms with E-state index in [0.29, 0.717) is 37.3 Å². The molecule has 2 atom stereocenters. The zero-order valence-corrected chi connectivity index (χ0v) is 10.4. The van der Waals surface area contributed by atoms with Gasteiger partial charge in [-0.1, -0.05) is 0 Å². The van der Waals surface area contributed by atoms with Gasteiger partial charge < -0.3 is 15.7 Å². The largest absolute Gasteiger partial charge is 0.480 e. The Morgan fingerprint density at radius 3 is 2.33 bits per heavy atom. The molecule has 2 bridgehead atoms. The molecule has 0 spiro atoms. The zero-order valence-electron chi connectivity index (χ0n) is 10.4. The summed E-state index contributed by atoms with van der Waals surface area (Å²) in [5.74, 6) is -0.546. The second-order valence-electron chi connectivity index (χ2n) is 6.11. The summed E-state index contributed by atoms with van der Waals surface area (Å²) in [5.41, 5.74) is -0.928. The van der Waals surface area contributed by atoms with Gasteiger partial charge in [0.15, 0.2) is 0 Å². The van der Waals surface area contributed by atoms with Crippen molar-refractivity contribution in [2.45, 2.75) is 62.6 Å². The molecule has 3 rings (SSSR count). The van der Waals surface area contributed by atoms with Crippen LogP contribution < -0.4 is 10.6 Å². The number of carboxylic acids is 1. The third kappa shape index (κ3) is 2.23. The molecule has 1 aliphatic carbocycles. The predicted molar refractivity (Wildman–Crippen MR) is 65.0 cm³/mol. The average molecular weight is 252 g/mol. The van der Waals surface area contributed by atoms with E-state index in [9.17, 15) is 9.59 Å². The van der Waals surface area contributed by atoms with Crippen LogP contribution in [0, 0.1) is 5.92 Å². The number of nitrogens with one attached hydrogen (secondary N) is 2. The SMILES string of the molecule is O=C(CC1CC2CCC(C1)N2)NC1(C(=O)O)CC1. The molecule has 2 aliphatic heterocycles. The molecular formula is C13H20N2O3. The number of fused-ring (bicyclic) bond motifs is 2. The van der Waals surface area contributed by atoms with E-state index in [4.69, 9.17) is 5.11 Å². The molecule has 0 aromatic heterocycles. The minimum Gasteiger partial charge on any atom is -0.480 e. The van der Waals surface area contributed by atoms with Gasteiger partial charge in [0, 0.05) is 18.5 Å². The summed E-state index contributed by atoms with van der Waals surface area (Å²) < 4.78 is 0. The first-order valence-electron chi connectivity index (χ1n) is 6.88. The Morgan fingerprint density at radius 2 is 1.83 bits per heavy atom. The summed E-state index contributed by atoms with van der Waals surface area (Å²) in [7, 11) is 0. The van der Waals surface area contributed by atoms with E-state index in [1.807, 2.05) is 0 Å². The van der Waals surface area contributed by atoms with Crippen molar-refractivity contribution < 1.29 is 14.7 Å². The van der Waals surface area contributed by atoms with E-state index >= 15 is 0 Å². The molecule has 2 unspecified atom stereocenters. The Morgan fingerprint density at radius 1 is 1.22 bits per heavy atom. The number of amides is 1. The van der Waals surface area contributed by atoms with E-state index in [0.717, 1.165) is 12.8 Å². The van der Waals surface area contributed by atoms with Gasteiger partial charge in [-0.05, 0) is 44.4 Å². The molecule has 100 valence electrons. The number of hydrogen-bond donors (Lipinski definition) is 3. The first kappa shape index (κ1) is 12.0. The van der Waals surface area contributed by atoms with Crippen molar-refractivity contribution in [1.29, 1.82) is 0 Å². The van der Waals surface area contributed by atoms with E-state index in [1.165, 1.54) is 12.8 Å². The summed E-state index contributed by atoms with van der Waals surface area (Å²) >= 11 is 0. The minimum absolute atomic E-state index is 0.0822. The van der Waals surface area contributed by atoms with Gasteiger partial charge in [-0.2, -0.15) is 0 Å². The Hall–Kier alpha value is -1.10. The van der Waals surface area contributed by atoms with Crippen LogP contribution in [0.15, 0.2) is 0 Å². The number of rotatable bonds is 4. The number of carbonyl (C=O) groups excluding carboxylic acids is 1. The van der Waals surface area contributed by atoms with E-state index < -0.39 is 11.5 Å².